The Morgan fingerprint density at radius 2 is 2.24 bits per heavy atom. The van der Waals surface area contributed by atoms with E-state index in [9.17, 15) is 0 Å². The second kappa shape index (κ2) is 3.92. The molecule has 3 fully saturated rings. The minimum absolute atomic E-state index is 0.308. The van der Waals surface area contributed by atoms with Gasteiger partial charge in [0.2, 0.25) is 0 Å². The molecule has 1 aromatic rings. The molecule has 3 heterocycles. The van der Waals surface area contributed by atoms with E-state index in [0.717, 1.165) is 17.9 Å². The minimum Gasteiger partial charge on any atom is -0.377 e. The molecule has 2 bridgehead atoms. The van der Waals surface area contributed by atoms with Gasteiger partial charge < -0.3 is 5.32 Å². The zero-order chi connectivity index (χ0) is 14.2. The van der Waals surface area contributed by atoms with Gasteiger partial charge in [-0.3, -0.25) is 4.90 Å². The van der Waals surface area contributed by atoms with Crippen LogP contribution in [0, 0.1) is 11.8 Å². The Bertz CT molecular complexity index is 622. The van der Waals surface area contributed by atoms with Crippen molar-refractivity contribution in [3.63, 3.8) is 0 Å². The number of benzene rings is 1. The summed E-state index contributed by atoms with van der Waals surface area (Å²) in [5, 5.41) is 3.85. The van der Waals surface area contributed by atoms with E-state index in [1.807, 2.05) is 0 Å². The molecule has 3 aliphatic heterocycles. The molecule has 5 atom stereocenters. The first kappa shape index (κ1) is 12.3. The van der Waals surface area contributed by atoms with E-state index >= 15 is 0 Å². The molecule has 110 valence electrons. The molecular formula is C19H24N2. The highest BCUT2D eigenvalue weighted by Gasteiger charge is 2.63. The third kappa shape index (κ3) is 1.29. The molecule has 1 aromatic carbocycles. The molecule has 2 saturated heterocycles. The van der Waals surface area contributed by atoms with E-state index < -0.39 is 0 Å². The van der Waals surface area contributed by atoms with E-state index in [0.29, 0.717) is 11.5 Å². The first-order chi connectivity index (χ1) is 10.3. The second-order valence-corrected chi connectivity index (χ2v) is 7.51. The fraction of sp³-hybridized carbons (Fsp3) is 0.579. The average Bonchev–Trinajstić information content (AvgIpc) is 3.07. The van der Waals surface area contributed by atoms with E-state index in [1.54, 1.807) is 5.56 Å². The maximum atomic E-state index is 4.59. The number of piperidine rings is 1. The quantitative estimate of drug-likeness (QED) is 0.793. The van der Waals surface area contributed by atoms with Gasteiger partial charge >= 0.3 is 0 Å². The van der Waals surface area contributed by atoms with Crippen LogP contribution < -0.4 is 5.32 Å². The molecule has 1 N–H and O–H groups in total. The van der Waals surface area contributed by atoms with Crippen molar-refractivity contribution in [2.75, 3.05) is 18.4 Å². The maximum absolute atomic E-state index is 4.59. The highest BCUT2D eigenvalue weighted by atomic mass is 15.2. The molecule has 1 unspecified atom stereocenters. The van der Waals surface area contributed by atoms with Crippen molar-refractivity contribution in [3.8, 4) is 0 Å². The van der Waals surface area contributed by atoms with Crippen LogP contribution in [0.2, 0.25) is 0 Å². The molecular weight excluding hydrogens is 256 g/mol. The lowest BCUT2D eigenvalue weighted by Crippen LogP contribution is -2.60. The summed E-state index contributed by atoms with van der Waals surface area (Å²) in [7, 11) is 0. The molecule has 5 rings (SSSR count). The molecule has 21 heavy (non-hydrogen) atoms. The van der Waals surface area contributed by atoms with E-state index in [2.05, 4.69) is 48.0 Å². The Kier molecular flexibility index (Phi) is 2.29. The zero-order valence-corrected chi connectivity index (χ0v) is 12.8. The van der Waals surface area contributed by atoms with Crippen LogP contribution >= 0.6 is 0 Å². The van der Waals surface area contributed by atoms with Crippen LogP contribution in [0.3, 0.4) is 0 Å². The van der Waals surface area contributed by atoms with Gasteiger partial charge in [0.1, 0.15) is 0 Å². The Morgan fingerprint density at radius 3 is 3.10 bits per heavy atom. The Balaban J connectivity index is 1.69. The third-order valence-electron chi connectivity index (χ3n) is 6.98. The SMILES string of the molecule is C=C1[C@H]2CC3N(CC[C@@]34c3ccccc3N[C@H]14)C[C@H]2CC. The van der Waals surface area contributed by atoms with Gasteiger partial charge in [-0.15, -0.1) is 0 Å². The van der Waals surface area contributed by atoms with Gasteiger partial charge in [-0.25, -0.2) is 0 Å². The summed E-state index contributed by atoms with van der Waals surface area (Å²) in [6.45, 7) is 9.51. The number of nitrogens with zero attached hydrogens (tertiary/aromatic N) is 1. The van der Waals surface area contributed by atoms with Crippen molar-refractivity contribution in [2.45, 2.75) is 43.7 Å². The smallest absolute Gasteiger partial charge is 0.0587 e. The van der Waals surface area contributed by atoms with Crippen LogP contribution in [0.15, 0.2) is 36.4 Å². The second-order valence-electron chi connectivity index (χ2n) is 7.51. The molecule has 2 heteroatoms. The van der Waals surface area contributed by atoms with Crippen LogP contribution in [-0.4, -0.2) is 30.1 Å². The summed E-state index contributed by atoms with van der Waals surface area (Å²) in [6, 6.07) is 10.2. The van der Waals surface area contributed by atoms with Crippen molar-refractivity contribution < 1.29 is 0 Å². The lowest BCUT2D eigenvalue weighted by Gasteiger charge is -2.54. The number of para-hydroxylation sites is 1. The van der Waals surface area contributed by atoms with Crippen LogP contribution in [0.4, 0.5) is 5.69 Å². The standard InChI is InChI=1S/C19H24N2/c1-3-13-11-21-9-8-19-15-6-4-5-7-16(15)20-18(19)12(2)14(13)10-17(19)21/h4-7,13-14,17-18,20H,2-3,8-11H2,1H3/t13-,14-,17?,18-,19-/m1/s1. The van der Waals surface area contributed by atoms with Gasteiger partial charge in [0.25, 0.3) is 0 Å². The number of nitrogens with one attached hydrogen (secondary N) is 1. The zero-order valence-electron chi connectivity index (χ0n) is 12.8. The van der Waals surface area contributed by atoms with Crippen LogP contribution in [0.5, 0.6) is 0 Å². The monoisotopic (exact) mass is 280 g/mol. The van der Waals surface area contributed by atoms with Crippen molar-refractivity contribution in [1.82, 2.24) is 4.90 Å². The molecule has 1 aliphatic carbocycles. The Labute approximate surface area is 127 Å². The summed E-state index contributed by atoms with van der Waals surface area (Å²) < 4.78 is 0. The van der Waals surface area contributed by atoms with Gasteiger partial charge in [0, 0.05) is 23.7 Å². The normalized spacial score (nSPS) is 43.4. The summed E-state index contributed by atoms with van der Waals surface area (Å²) >= 11 is 0. The number of rotatable bonds is 1. The Morgan fingerprint density at radius 1 is 1.38 bits per heavy atom. The molecule has 2 nitrogen and oxygen atoms in total. The molecule has 1 saturated carbocycles. The first-order valence-corrected chi connectivity index (χ1v) is 8.54. The van der Waals surface area contributed by atoms with E-state index in [-0.39, 0.29) is 0 Å². The number of hydrogen-bond donors (Lipinski definition) is 1. The molecule has 0 aromatic heterocycles. The Hall–Kier alpha value is -1.28. The average molecular weight is 280 g/mol. The number of hydrogen-bond acceptors (Lipinski definition) is 2. The highest BCUT2D eigenvalue weighted by Crippen LogP contribution is 2.60. The van der Waals surface area contributed by atoms with Gasteiger partial charge in [-0.2, -0.15) is 0 Å². The molecule has 4 aliphatic rings. The molecule has 0 amide bonds. The largest absolute Gasteiger partial charge is 0.377 e. The molecule has 1 spiro atoms. The van der Waals surface area contributed by atoms with Gasteiger partial charge in [0.05, 0.1) is 6.04 Å². The predicted molar refractivity (Wildman–Crippen MR) is 86.5 cm³/mol. The maximum Gasteiger partial charge on any atom is 0.0587 e. The van der Waals surface area contributed by atoms with Gasteiger partial charge in [-0.05, 0) is 42.9 Å². The van der Waals surface area contributed by atoms with Crippen LogP contribution in [-0.2, 0) is 5.41 Å². The summed E-state index contributed by atoms with van der Waals surface area (Å²) in [6.07, 6.45) is 3.93. The minimum atomic E-state index is 0.308. The van der Waals surface area contributed by atoms with Crippen molar-refractivity contribution >= 4 is 5.69 Å². The van der Waals surface area contributed by atoms with Crippen molar-refractivity contribution in [3.05, 3.63) is 42.0 Å². The third-order valence-corrected chi connectivity index (χ3v) is 6.98. The van der Waals surface area contributed by atoms with Crippen LogP contribution in [0.1, 0.15) is 31.7 Å². The highest BCUT2D eigenvalue weighted by molar-refractivity contribution is 5.67. The van der Waals surface area contributed by atoms with E-state index in [4.69, 9.17) is 0 Å². The topological polar surface area (TPSA) is 15.3 Å². The summed E-state index contributed by atoms with van der Waals surface area (Å²) in [4.78, 5) is 2.80. The van der Waals surface area contributed by atoms with Crippen molar-refractivity contribution in [1.29, 1.82) is 0 Å². The van der Waals surface area contributed by atoms with Gasteiger partial charge in [-0.1, -0.05) is 43.7 Å². The number of anilines is 1. The van der Waals surface area contributed by atoms with E-state index in [1.165, 1.54) is 43.6 Å². The number of fused-ring (bicyclic) bond motifs is 2. The van der Waals surface area contributed by atoms with Crippen LogP contribution in [0.25, 0.3) is 0 Å². The van der Waals surface area contributed by atoms with Gasteiger partial charge in [0.15, 0.2) is 0 Å². The van der Waals surface area contributed by atoms with Crippen molar-refractivity contribution in [2.24, 2.45) is 11.8 Å². The fourth-order valence-corrected chi connectivity index (χ4v) is 6.03. The fourth-order valence-electron chi connectivity index (χ4n) is 6.03. The summed E-state index contributed by atoms with van der Waals surface area (Å²) in [5.41, 5.74) is 4.74. The molecule has 0 radical (unpaired) electrons. The predicted octanol–water partition coefficient (Wildman–Crippen LogP) is 3.41. The first-order valence-electron chi connectivity index (χ1n) is 8.54. The summed E-state index contributed by atoms with van der Waals surface area (Å²) in [5.74, 6) is 1.55. The lowest BCUT2D eigenvalue weighted by atomic mass is 9.57. The lowest BCUT2D eigenvalue weighted by molar-refractivity contribution is 0.0526.